The number of halogens is 1. The van der Waals surface area contributed by atoms with Gasteiger partial charge in [0.1, 0.15) is 5.82 Å². The van der Waals surface area contributed by atoms with Crippen LogP contribution in [0, 0.1) is 12.7 Å². The van der Waals surface area contributed by atoms with Gasteiger partial charge in [0, 0.05) is 18.3 Å². The van der Waals surface area contributed by atoms with E-state index in [1.165, 1.54) is 43.4 Å². The molecule has 0 bridgehead atoms. The zero-order chi connectivity index (χ0) is 16.3. The lowest BCUT2D eigenvalue weighted by Gasteiger charge is -2.09. The number of aryl methyl sites for hydroxylation is 1. The van der Waals surface area contributed by atoms with Crippen molar-refractivity contribution >= 4 is 21.6 Å². The van der Waals surface area contributed by atoms with E-state index in [9.17, 15) is 17.6 Å². The van der Waals surface area contributed by atoms with E-state index in [1.807, 2.05) is 0 Å². The molecule has 0 heterocycles. The summed E-state index contributed by atoms with van der Waals surface area (Å²) in [7, 11) is -2.38. The van der Waals surface area contributed by atoms with Crippen molar-refractivity contribution in [3.05, 3.63) is 59.4 Å². The van der Waals surface area contributed by atoms with E-state index < -0.39 is 15.8 Å². The molecule has 0 aliphatic carbocycles. The Hall–Kier alpha value is -2.41. The molecule has 22 heavy (non-hydrogen) atoms. The molecule has 116 valence electrons. The van der Waals surface area contributed by atoms with Gasteiger partial charge < -0.3 is 5.32 Å². The van der Waals surface area contributed by atoms with Crippen molar-refractivity contribution in [1.82, 2.24) is 5.32 Å². The van der Waals surface area contributed by atoms with Crippen molar-refractivity contribution in [2.45, 2.75) is 11.8 Å². The number of anilines is 1. The van der Waals surface area contributed by atoms with Crippen LogP contribution in [0.4, 0.5) is 10.1 Å². The maximum absolute atomic E-state index is 13.5. The molecule has 0 aliphatic heterocycles. The number of carbonyl (C=O) groups is 1. The van der Waals surface area contributed by atoms with E-state index in [0.717, 1.165) is 6.07 Å². The first-order valence-electron chi connectivity index (χ1n) is 6.44. The van der Waals surface area contributed by atoms with Crippen LogP contribution in [-0.4, -0.2) is 21.4 Å². The number of hydrogen-bond donors (Lipinski definition) is 2. The molecule has 2 aromatic rings. The second-order valence-corrected chi connectivity index (χ2v) is 6.36. The Morgan fingerprint density at radius 1 is 1.09 bits per heavy atom. The first-order valence-corrected chi connectivity index (χ1v) is 7.93. The molecule has 5 nitrogen and oxygen atoms in total. The minimum atomic E-state index is -3.88. The number of carbonyl (C=O) groups excluding carboxylic acids is 1. The number of sulfonamides is 1. The quantitative estimate of drug-likeness (QED) is 0.907. The van der Waals surface area contributed by atoms with Gasteiger partial charge in [-0.15, -0.1) is 0 Å². The van der Waals surface area contributed by atoms with Crippen molar-refractivity contribution in [1.29, 1.82) is 0 Å². The first-order chi connectivity index (χ1) is 10.3. The summed E-state index contributed by atoms with van der Waals surface area (Å²) in [5, 5.41) is 2.47. The van der Waals surface area contributed by atoms with Crippen LogP contribution in [-0.2, 0) is 10.0 Å². The second-order valence-electron chi connectivity index (χ2n) is 4.67. The average molecular weight is 322 g/mol. The Kier molecular flexibility index (Phi) is 4.46. The Morgan fingerprint density at radius 2 is 1.73 bits per heavy atom. The Bertz CT molecular complexity index is 802. The maximum Gasteiger partial charge on any atom is 0.261 e. The molecule has 0 aliphatic rings. The van der Waals surface area contributed by atoms with E-state index in [2.05, 4.69) is 10.0 Å². The van der Waals surface area contributed by atoms with Crippen molar-refractivity contribution in [2.75, 3.05) is 11.8 Å². The van der Waals surface area contributed by atoms with Gasteiger partial charge in [-0.25, -0.2) is 12.8 Å². The molecule has 0 spiro atoms. The van der Waals surface area contributed by atoms with Crippen LogP contribution in [0.1, 0.15) is 15.9 Å². The normalized spacial score (nSPS) is 11.0. The fraction of sp³-hybridized carbons (Fsp3) is 0.133. The van der Waals surface area contributed by atoms with Gasteiger partial charge in [0.05, 0.1) is 4.90 Å². The molecule has 0 radical (unpaired) electrons. The minimum Gasteiger partial charge on any atom is -0.355 e. The van der Waals surface area contributed by atoms with Crippen molar-refractivity contribution in [3.63, 3.8) is 0 Å². The SMILES string of the molecule is CNC(=O)c1ccc(NS(=O)(=O)c2ccc(C)c(F)c2)cc1. The Balaban J connectivity index is 2.25. The lowest BCUT2D eigenvalue weighted by atomic mass is 10.2. The predicted molar refractivity (Wildman–Crippen MR) is 81.8 cm³/mol. The van der Waals surface area contributed by atoms with Crippen LogP contribution in [0.2, 0.25) is 0 Å². The molecular weight excluding hydrogens is 307 g/mol. The summed E-state index contributed by atoms with van der Waals surface area (Å²) < 4.78 is 40.2. The van der Waals surface area contributed by atoms with Gasteiger partial charge in [-0.05, 0) is 48.9 Å². The molecule has 0 unspecified atom stereocenters. The average Bonchev–Trinajstić information content (AvgIpc) is 2.49. The zero-order valence-electron chi connectivity index (χ0n) is 12.1. The number of nitrogens with one attached hydrogen (secondary N) is 2. The van der Waals surface area contributed by atoms with Gasteiger partial charge in [-0.3, -0.25) is 9.52 Å². The smallest absolute Gasteiger partial charge is 0.261 e. The van der Waals surface area contributed by atoms with Gasteiger partial charge in [-0.2, -0.15) is 0 Å². The van der Waals surface area contributed by atoms with Crippen LogP contribution >= 0.6 is 0 Å². The molecule has 0 saturated carbocycles. The van der Waals surface area contributed by atoms with E-state index in [-0.39, 0.29) is 16.5 Å². The van der Waals surface area contributed by atoms with Crippen LogP contribution < -0.4 is 10.0 Å². The summed E-state index contributed by atoms with van der Waals surface area (Å²) in [5.74, 6) is -0.854. The van der Waals surface area contributed by atoms with Gasteiger partial charge in [0.15, 0.2) is 0 Å². The molecule has 2 N–H and O–H groups in total. The van der Waals surface area contributed by atoms with Gasteiger partial charge in [0.25, 0.3) is 15.9 Å². The minimum absolute atomic E-state index is 0.161. The molecule has 0 fully saturated rings. The zero-order valence-corrected chi connectivity index (χ0v) is 12.9. The number of amides is 1. The molecule has 0 atom stereocenters. The van der Waals surface area contributed by atoms with Crippen LogP contribution in [0.3, 0.4) is 0 Å². The molecule has 2 aromatic carbocycles. The van der Waals surface area contributed by atoms with E-state index >= 15 is 0 Å². The summed E-state index contributed by atoms with van der Waals surface area (Å²) in [6.07, 6.45) is 0. The highest BCUT2D eigenvalue weighted by atomic mass is 32.2. The first kappa shape index (κ1) is 16.0. The highest BCUT2D eigenvalue weighted by Gasteiger charge is 2.16. The summed E-state index contributed by atoms with van der Waals surface area (Å²) >= 11 is 0. The van der Waals surface area contributed by atoms with Crippen LogP contribution in [0.25, 0.3) is 0 Å². The second kappa shape index (κ2) is 6.15. The molecule has 0 aromatic heterocycles. The topological polar surface area (TPSA) is 75.3 Å². The Morgan fingerprint density at radius 3 is 2.27 bits per heavy atom. The lowest BCUT2D eigenvalue weighted by Crippen LogP contribution is -2.18. The summed E-state index contributed by atoms with van der Waals surface area (Å²) in [6, 6.07) is 9.62. The monoisotopic (exact) mass is 322 g/mol. The van der Waals surface area contributed by atoms with Crippen molar-refractivity contribution in [3.8, 4) is 0 Å². The number of hydrogen-bond acceptors (Lipinski definition) is 3. The predicted octanol–water partition coefficient (Wildman–Crippen LogP) is 2.29. The largest absolute Gasteiger partial charge is 0.355 e. The summed E-state index contributed by atoms with van der Waals surface area (Å²) in [4.78, 5) is 11.2. The maximum atomic E-state index is 13.5. The molecule has 0 saturated heterocycles. The van der Waals surface area contributed by atoms with Crippen molar-refractivity contribution < 1.29 is 17.6 Å². The van der Waals surface area contributed by atoms with Crippen LogP contribution in [0.5, 0.6) is 0 Å². The van der Waals surface area contributed by atoms with Crippen molar-refractivity contribution in [2.24, 2.45) is 0 Å². The highest BCUT2D eigenvalue weighted by Crippen LogP contribution is 2.19. The van der Waals surface area contributed by atoms with Crippen LogP contribution in [0.15, 0.2) is 47.4 Å². The highest BCUT2D eigenvalue weighted by molar-refractivity contribution is 7.92. The third kappa shape index (κ3) is 3.43. The van der Waals surface area contributed by atoms with Gasteiger partial charge in [-0.1, -0.05) is 6.07 Å². The summed E-state index contributed by atoms with van der Waals surface area (Å²) in [5.41, 5.74) is 1.06. The number of rotatable bonds is 4. The Labute approximate surface area is 128 Å². The van der Waals surface area contributed by atoms with E-state index in [0.29, 0.717) is 11.1 Å². The molecule has 7 heteroatoms. The van der Waals surface area contributed by atoms with Gasteiger partial charge in [0.2, 0.25) is 0 Å². The standard InChI is InChI=1S/C15H15FN2O3S/c1-10-3-8-13(9-14(10)16)22(20,21)18-12-6-4-11(5-7-12)15(19)17-2/h3-9,18H,1-2H3,(H,17,19). The lowest BCUT2D eigenvalue weighted by molar-refractivity contribution is 0.0963. The fourth-order valence-corrected chi connectivity index (χ4v) is 2.86. The van der Waals surface area contributed by atoms with E-state index in [4.69, 9.17) is 0 Å². The van der Waals surface area contributed by atoms with E-state index in [1.54, 1.807) is 6.92 Å². The molecule has 2 rings (SSSR count). The third-order valence-corrected chi connectivity index (χ3v) is 4.46. The molecular formula is C15H15FN2O3S. The fourth-order valence-electron chi connectivity index (χ4n) is 1.79. The third-order valence-electron chi connectivity index (χ3n) is 3.08. The van der Waals surface area contributed by atoms with Gasteiger partial charge >= 0.3 is 0 Å². The number of benzene rings is 2. The molecule has 1 amide bonds. The summed E-state index contributed by atoms with van der Waals surface area (Å²) in [6.45, 7) is 1.55.